The number of hydrogen-bond donors (Lipinski definition) is 0. The fourth-order valence-electron chi connectivity index (χ4n) is 9.09. The number of hydrogen-bond acceptors (Lipinski definition) is 1. The number of fused-ring (bicyclic) bond motifs is 13. The first-order valence-electron chi connectivity index (χ1n) is 15.7. The summed E-state index contributed by atoms with van der Waals surface area (Å²) in [6, 6.07) is 48.5. The zero-order valence-corrected chi connectivity index (χ0v) is 25.6. The van der Waals surface area contributed by atoms with E-state index in [1.165, 1.54) is 92.8 Å². The summed E-state index contributed by atoms with van der Waals surface area (Å²) in [4.78, 5) is 2.65. The molecule has 204 valence electrons. The summed E-state index contributed by atoms with van der Waals surface area (Å²) in [6.45, 7) is 5.16. The number of anilines is 3. The molecule has 2 nitrogen and oxygen atoms in total. The van der Waals surface area contributed by atoms with Crippen molar-refractivity contribution in [3.8, 4) is 11.1 Å². The molecule has 4 heteroatoms. The Balaban J connectivity index is 1.41. The van der Waals surface area contributed by atoms with E-state index in [0.717, 1.165) is 0 Å². The van der Waals surface area contributed by atoms with Crippen LogP contribution in [-0.2, 0) is 0 Å². The third-order valence-corrected chi connectivity index (χ3v) is 14.4. The minimum Gasteiger partial charge on any atom is -0.375 e. The van der Waals surface area contributed by atoms with E-state index in [1.807, 2.05) is 0 Å². The molecule has 0 atom stereocenters. The van der Waals surface area contributed by atoms with E-state index in [9.17, 15) is 0 Å². The van der Waals surface area contributed by atoms with Gasteiger partial charge in [0.1, 0.15) is 8.07 Å². The van der Waals surface area contributed by atoms with Crippen LogP contribution in [0.15, 0.2) is 127 Å². The average Bonchev–Trinajstić information content (AvgIpc) is 3.41. The van der Waals surface area contributed by atoms with E-state index in [4.69, 9.17) is 0 Å². The summed E-state index contributed by atoms with van der Waals surface area (Å²) < 4.78 is 2.70. The van der Waals surface area contributed by atoms with Crippen LogP contribution >= 0.6 is 0 Å². The molecule has 11 rings (SSSR count). The highest BCUT2D eigenvalue weighted by Crippen LogP contribution is 2.49. The summed E-state index contributed by atoms with van der Waals surface area (Å²) in [6.07, 6.45) is 0. The monoisotopic (exact) mass is 574 g/mol. The van der Waals surface area contributed by atoms with Crippen LogP contribution in [0.25, 0.3) is 54.5 Å². The van der Waals surface area contributed by atoms with Crippen LogP contribution in [0.4, 0.5) is 17.1 Å². The van der Waals surface area contributed by atoms with Gasteiger partial charge in [-0.3, -0.25) is 0 Å². The molecule has 0 radical (unpaired) electrons. The Morgan fingerprint density at radius 1 is 0.568 bits per heavy atom. The Morgan fingerprint density at radius 2 is 1.30 bits per heavy atom. The molecule has 0 N–H and O–H groups in total. The summed E-state index contributed by atoms with van der Waals surface area (Å²) >= 11 is 0. The Labute approximate surface area is 256 Å². The van der Waals surface area contributed by atoms with E-state index >= 15 is 0 Å². The number of para-hydroxylation sites is 3. The Hall–Kier alpha value is -5.06. The molecule has 0 unspecified atom stereocenters. The first kappa shape index (κ1) is 23.4. The quantitative estimate of drug-likeness (QED) is 0.169. The molecule has 7 aromatic carbocycles. The predicted molar refractivity (Wildman–Crippen MR) is 192 cm³/mol. The SMILES string of the molecule is C[Si]1(C)c2ccccc2N2c3c(cccc31)B1c3c(cc4ccccc4c32)-c2cccc3c4c5ccccc5ccc4n1c23. The van der Waals surface area contributed by atoms with Gasteiger partial charge < -0.3 is 9.38 Å². The van der Waals surface area contributed by atoms with Gasteiger partial charge in [-0.1, -0.05) is 122 Å². The van der Waals surface area contributed by atoms with Crippen LogP contribution in [0.5, 0.6) is 0 Å². The number of aromatic nitrogens is 1. The van der Waals surface area contributed by atoms with Crippen LogP contribution in [0, 0.1) is 0 Å². The maximum Gasteiger partial charge on any atom is 0.333 e. The fourth-order valence-corrected chi connectivity index (χ4v) is 12.1. The zero-order chi connectivity index (χ0) is 28.9. The van der Waals surface area contributed by atoms with E-state index in [0.29, 0.717) is 0 Å². The van der Waals surface area contributed by atoms with Gasteiger partial charge in [0, 0.05) is 44.1 Å². The summed E-state index contributed by atoms with van der Waals surface area (Å²) in [7, 11) is -1.97. The standard InChI is InChI=1S/C40H27BN2Si/c1-44(2)34-19-8-7-18-32(34)42-39-27-14-6-4-12-25(27)23-30-28-15-9-16-29-36-26-13-5-3-11-24(26)21-22-33(36)43(38(28)29)41(37(30)39)31-17-10-20-35(44)40(31)42/h3-23H,1-2H3. The van der Waals surface area contributed by atoms with E-state index in [1.54, 1.807) is 0 Å². The van der Waals surface area contributed by atoms with Gasteiger partial charge in [-0.2, -0.15) is 0 Å². The van der Waals surface area contributed by atoms with Crippen molar-refractivity contribution in [2.45, 2.75) is 13.1 Å². The largest absolute Gasteiger partial charge is 0.375 e. The van der Waals surface area contributed by atoms with Crippen LogP contribution in [-0.4, -0.2) is 19.4 Å². The van der Waals surface area contributed by atoms with E-state index in [-0.39, 0.29) is 6.85 Å². The van der Waals surface area contributed by atoms with Crippen LogP contribution in [0.2, 0.25) is 13.1 Å². The van der Waals surface area contributed by atoms with Gasteiger partial charge >= 0.3 is 6.85 Å². The lowest BCUT2D eigenvalue weighted by molar-refractivity contribution is 1.27. The molecular weight excluding hydrogens is 547 g/mol. The third-order valence-electron chi connectivity index (χ3n) is 10.9. The number of benzene rings is 7. The molecule has 3 aliphatic rings. The molecule has 1 aromatic heterocycles. The second kappa shape index (κ2) is 7.71. The van der Waals surface area contributed by atoms with Gasteiger partial charge in [-0.05, 0) is 61.2 Å². The third kappa shape index (κ3) is 2.54. The van der Waals surface area contributed by atoms with Crippen molar-refractivity contribution >= 4 is 96.6 Å². The molecular formula is C40H27BN2Si. The maximum absolute atomic E-state index is 2.70. The molecule has 8 aromatic rings. The van der Waals surface area contributed by atoms with Crippen molar-refractivity contribution < 1.29 is 0 Å². The molecule has 4 heterocycles. The van der Waals surface area contributed by atoms with Gasteiger partial charge in [-0.15, -0.1) is 0 Å². The van der Waals surface area contributed by atoms with E-state index < -0.39 is 8.07 Å². The van der Waals surface area contributed by atoms with Crippen molar-refractivity contribution in [1.82, 2.24) is 4.48 Å². The molecule has 3 aliphatic heterocycles. The Morgan fingerprint density at radius 3 is 2.20 bits per heavy atom. The smallest absolute Gasteiger partial charge is 0.333 e. The molecule has 0 fully saturated rings. The van der Waals surface area contributed by atoms with Crippen LogP contribution in [0.1, 0.15) is 0 Å². The highest BCUT2D eigenvalue weighted by molar-refractivity contribution is 7.04. The first-order chi connectivity index (χ1) is 21.6. The van der Waals surface area contributed by atoms with Crippen LogP contribution in [0.3, 0.4) is 0 Å². The Kier molecular flexibility index (Phi) is 4.10. The second-order valence-corrected chi connectivity index (χ2v) is 17.6. The lowest BCUT2D eigenvalue weighted by Crippen LogP contribution is -2.65. The van der Waals surface area contributed by atoms with E-state index in [2.05, 4.69) is 150 Å². The lowest BCUT2D eigenvalue weighted by atomic mass is 9.45. The topological polar surface area (TPSA) is 8.17 Å². The van der Waals surface area contributed by atoms with Gasteiger partial charge in [0.2, 0.25) is 0 Å². The van der Waals surface area contributed by atoms with Crippen molar-refractivity contribution in [1.29, 1.82) is 0 Å². The van der Waals surface area contributed by atoms with Crippen molar-refractivity contribution in [2.75, 3.05) is 4.90 Å². The minimum atomic E-state index is -1.97. The summed E-state index contributed by atoms with van der Waals surface area (Å²) in [5, 5.41) is 11.0. The minimum absolute atomic E-state index is 0.0851. The predicted octanol–water partition coefficient (Wildman–Crippen LogP) is 7.65. The number of rotatable bonds is 0. The molecule has 0 spiro atoms. The lowest BCUT2D eigenvalue weighted by Gasteiger charge is -2.48. The van der Waals surface area contributed by atoms with Crippen molar-refractivity contribution in [2.24, 2.45) is 0 Å². The molecule has 0 amide bonds. The van der Waals surface area contributed by atoms with Gasteiger partial charge in [0.05, 0.1) is 5.69 Å². The van der Waals surface area contributed by atoms with Gasteiger partial charge in [0.25, 0.3) is 0 Å². The molecule has 0 saturated carbocycles. The fraction of sp³-hybridized carbons (Fsp3) is 0.0500. The second-order valence-electron chi connectivity index (χ2n) is 13.3. The number of nitrogens with zero attached hydrogens (tertiary/aromatic N) is 2. The molecule has 44 heavy (non-hydrogen) atoms. The highest BCUT2D eigenvalue weighted by atomic mass is 28.3. The van der Waals surface area contributed by atoms with Crippen molar-refractivity contribution in [3.63, 3.8) is 0 Å². The molecule has 0 aliphatic carbocycles. The van der Waals surface area contributed by atoms with Crippen LogP contribution < -0.4 is 26.2 Å². The molecule has 0 bridgehead atoms. The highest BCUT2D eigenvalue weighted by Gasteiger charge is 2.48. The van der Waals surface area contributed by atoms with Crippen molar-refractivity contribution in [3.05, 3.63) is 127 Å². The summed E-state index contributed by atoms with van der Waals surface area (Å²) in [5.41, 5.74) is 12.3. The Bertz CT molecular complexity index is 2610. The zero-order valence-electron chi connectivity index (χ0n) is 24.6. The first-order valence-corrected chi connectivity index (χ1v) is 18.7. The average molecular weight is 575 g/mol. The maximum atomic E-state index is 2.70. The normalized spacial score (nSPS) is 15.1. The van der Waals surface area contributed by atoms with Gasteiger partial charge in [-0.25, -0.2) is 0 Å². The summed E-state index contributed by atoms with van der Waals surface area (Å²) in [5.74, 6) is 0. The molecule has 0 saturated heterocycles. The van der Waals surface area contributed by atoms with Gasteiger partial charge in [0.15, 0.2) is 0 Å².